The zero-order chi connectivity index (χ0) is 14.3. The predicted octanol–water partition coefficient (Wildman–Crippen LogP) is 2.79. The van der Waals surface area contributed by atoms with Crippen molar-refractivity contribution in [2.24, 2.45) is 11.8 Å². The van der Waals surface area contributed by atoms with Gasteiger partial charge in [0, 0.05) is 4.47 Å². The number of benzene rings is 1. The van der Waals surface area contributed by atoms with Crippen LogP contribution in [0.3, 0.4) is 0 Å². The number of hydrogen-bond donors (Lipinski definition) is 0. The molecule has 1 saturated carbocycles. The highest BCUT2D eigenvalue weighted by Gasteiger charge is 2.67. The molecule has 0 spiro atoms. The minimum Gasteiger partial charge on any atom is -0.466 e. The highest BCUT2D eigenvalue weighted by Crippen LogP contribution is 2.58. The fraction of sp³-hybridized carbons (Fsp3) is 0.467. The van der Waals surface area contributed by atoms with Crippen LogP contribution < -0.4 is 0 Å². The minimum atomic E-state index is -0.815. The van der Waals surface area contributed by atoms with E-state index < -0.39 is 11.5 Å². The van der Waals surface area contributed by atoms with Gasteiger partial charge in [0.2, 0.25) is 0 Å². The van der Waals surface area contributed by atoms with Gasteiger partial charge in [-0.05, 0) is 37.5 Å². The summed E-state index contributed by atoms with van der Waals surface area (Å²) in [5.41, 5.74) is 0.0604. The third-order valence-electron chi connectivity index (χ3n) is 4.20. The third kappa shape index (κ3) is 1.79. The fourth-order valence-corrected chi connectivity index (χ4v) is 3.59. The van der Waals surface area contributed by atoms with Crippen LogP contribution in [-0.4, -0.2) is 18.5 Å². The first-order chi connectivity index (χ1) is 9.59. The van der Waals surface area contributed by atoms with Crippen molar-refractivity contribution >= 4 is 27.9 Å². The van der Waals surface area contributed by atoms with Crippen LogP contribution in [0.25, 0.3) is 0 Å². The van der Waals surface area contributed by atoms with E-state index in [1.807, 2.05) is 24.3 Å². The molecule has 0 aromatic heterocycles. The van der Waals surface area contributed by atoms with Crippen molar-refractivity contribution in [3.05, 3.63) is 34.3 Å². The van der Waals surface area contributed by atoms with E-state index in [1.165, 1.54) is 0 Å². The van der Waals surface area contributed by atoms with Gasteiger partial charge in [0.15, 0.2) is 5.60 Å². The molecule has 1 aliphatic heterocycles. The van der Waals surface area contributed by atoms with Crippen molar-refractivity contribution in [3.8, 4) is 0 Å². The Kier molecular flexibility index (Phi) is 3.32. The minimum absolute atomic E-state index is 0.209. The number of halogens is 1. The first-order valence-electron chi connectivity index (χ1n) is 6.75. The summed E-state index contributed by atoms with van der Waals surface area (Å²) in [6.07, 6.45) is 1.31. The number of ether oxygens (including phenoxy) is 2. The van der Waals surface area contributed by atoms with Gasteiger partial charge in [0.25, 0.3) is 0 Å². The molecule has 1 aromatic rings. The second kappa shape index (κ2) is 4.88. The summed E-state index contributed by atoms with van der Waals surface area (Å²) in [5, 5.41) is 0. The molecule has 4 nitrogen and oxygen atoms in total. The van der Waals surface area contributed by atoms with Gasteiger partial charge in [0.1, 0.15) is 11.8 Å². The van der Waals surface area contributed by atoms with Crippen molar-refractivity contribution in [2.45, 2.75) is 25.4 Å². The lowest BCUT2D eigenvalue weighted by molar-refractivity contribution is -0.221. The van der Waals surface area contributed by atoms with Gasteiger partial charge in [-0.2, -0.15) is 0 Å². The molecule has 20 heavy (non-hydrogen) atoms. The Balaban J connectivity index is 1.99. The number of fused-ring (bicyclic) bond motifs is 1. The Labute approximate surface area is 125 Å². The Morgan fingerprint density at radius 3 is 2.70 bits per heavy atom. The number of esters is 2. The third-order valence-corrected chi connectivity index (χ3v) is 4.73. The molecule has 1 aliphatic carbocycles. The van der Waals surface area contributed by atoms with Crippen LogP contribution in [0.15, 0.2) is 28.7 Å². The molecule has 1 aromatic carbocycles. The summed E-state index contributed by atoms with van der Waals surface area (Å²) in [6, 6.07) is 7.60. The second-order valence-electron chi connectivity index (χ2n) is 5.16. The van der Waals surface area contributed by atoms with E-state index in [2.05, 4.69) is 15.9 Å². The molecule has 0 amide bonds. The SMILES string of the molecule is CCOC(=O)[C@H]1CC[C@@H]2C(=O)O[C@]12c1ccc(Br)cc1. The maximum absolute atomic E-state index is 12.2. The van der Waals surface area contributed by atoms with Crippen molar-refractivity contribution in [1.29, 1.82) is 0 Å². The van der Waals surface area contributed by atoms with Crippen molar-refractivity contribution < 1.29 is 19.1 Å². The monoisotopic (exact) mass is 338 g/mol. The second-order valence-corrected chi connectivity index (χ2v) is 6.07. The molecular formula is C15H15BrO4. The van der Waals surface area contributed by atoms with Gasteiger partial charge in [-0.1, -0.05) is 28.1 Å². The smallest absolute Gasteiger partial charge is 0.314 e. The van der Waals surface area contributed by atoms with Gasteiger partial charge in [-0.25, -0.2) is 0 Å². The van der Waals surface area contributed by atoms with E-state index >= 15 is 0 Å². The van der Waals surface area contributed by atoms with Crippen LogP contribution in [-0.2, 0) is 24.7 Å². The molecule has 0 bridgehead atoms. The van der Waals surface area contributed by atoms with Gasteiger partial charge >= 0.3 is 11.9 Å². The van der Waals surface area contributed by atoms with Crippen LogP contribution in [0.1, 0.15) is 25.3 Å². The molecule has 0 N–H and O–H groups in total. The molecule has 0 radical (unpaired) electrons. The highest BCUT2D eigenvalue weighted by atomic mass is 79.9. The average molecular weight is 339 g/mol. The molecular weight excluding hydrogens is 324 g/mol. The van der Waals surface area contributed by atoms with E-state index in [0.29, 0.717) is 19.4 Å². The normalized spacial score (nSPS) is 31.2. The maximum Gasteiger partial charge on any atom is 0.314 e. The molecule has 0 unspecified atom stereocenters. The Morgan fingerprint density at radius 1 is 1.40 bits per heavy atom. The average Bonchev–Trinajstić information content (AvgIpc) is 2.73. The Hall–Kier alpha value is -1.36. The number of rotatable bonds is 3. The molecule has 2 fully saturated rings. The summed E-state index contributed by atoms with van der Waals surface area (Å²) in [4.78, 5) is 23.9. The van der Waals surface area contributed by atoms with Crippen LogP contribution >= 0.6 is 15.9 Å². The zero-order valence-electron chi connectivity index (χ0n) is 11.1. The topological polar surface area (TPSA) is 52.6 Å². The standard InChI is InChI=1S/C15H15BrO4/c1-2-19-13(17)11-7-8-12-14(18)20-15(11,12)9-3-5-10(16)6-4-9/h3-6,11-12H,2,7-8H2,1H3/t11-,12-,15-/m1/s1. The lowest BCUT2D eigenvalue weighted by Crippen LogP contribution is -2.56. The van der Waals surface area contributed by atoms with Gasteiger partial charge in [-0.3, -0.25) is 9.59 Å². The van der Waals surface area contributed by atoms with Gasteiger partial charge < -0.3 is 9.47 Å². The zero-order valence-corrected chi connectivity index (χ0v) is 12.7. The van der Waals surface area contributed by atoms with Crippen LogP contribution in [0.2, 0.25) is 0 Å². The number of carbonyl (C=O) groups is 2. The molecule has 3 atom stereocenters. The van der Waals surface area contributed by atoms with Gasteiger partial charge in [0.05, 0.1) is 6.61 Å². The highest BCUT2D eigenvalue weighted by molar-refractivity contribution is 9.10. The molecule has 3 rings (SSSR count). The predicted molar refractivity (Wildman–Crippen MR) is 74.8 cm³/mol. The summed E-state index contributed by atoms with van der Waals surface area (Å²) in [5.74, 6) is -1.10. The van der Waals surface area contributed by atoms with E-state index in [1.54, 1.807) is 6.92 Å². The summed E-state index contributed by atoms with van der Waals surface area (Å²) >= 11 is 3.39. The van der Waals surface area contributed by atoms with Gasteiger partial charge in [-0.15, -0.1) is 0 Å². The summed E-state index contributed by atoms with van der Waals surface area (Å²) < 4.78 is 11.6. The van der Waals surface area contributed by atoms with Crippen LogP contribution in [0, 0.1) is 11.8 Å². The molecule has 2 aliphatic rings. The van der Waals surface area contributed by atoms with E-state index in [0.717, 1.165) is 10.0 Å². The van der Waals surface area contributed by atoms with E-state index in [4.69, 9.17) is 9.47 Å². The summed E-state index contributed by atoms with van der Waals surface area (Å²) in [6.45, 7) is 2.12. The molecule has 5 heteroatoms. The lowest BCUT2D eigenvalue weighted by Gasteiger charge is -2.46. The maximum atomic E-state index is 12.2. The number of hydrogen-bond acceptors (Lipinski definition) is 4. The Morgan fingerprint density at radius 2 is 2.10 bits per heavy atom. The number of carbonyl (C=O) groups excluding carboxylic acids is 2. The van der Waals surface area contributed by atoms with Crippen molar-refractivity contribution in [3.63, 3.8) is 0 Å². The molecule has 1 heterocycles. The van der Waals surface area contributed by atoms with Crippen LogP contribution in [0.4, 0.5) is 0 Å². The van der Waals surface area contributed by atoms with Crippen LogP contribution in [0.5, 0.6) is 0 Å². The lowest BCUT2D eigenvalue weighted by atomic mass is 9.74. The first kappa shape index (κ1) is 13.6. The Bertz CT molecular complexity index is 553. The fourth-order valence-electron chi connectivity index (χ4n) is 3.33. The molecule has 1 saturated heterocycles. The quantitative estimate of drug-likeness (QED) is 0.795. The van der Waals surface area contributed by atoms with E-state index in [9.17, 15) is 9.59 Å². The van der Waals surface area contributed by atoms with Crippen molar-refractivity contribution in [2.75, 3.05) is 6.61 Å². The van der Waals surface area contributed by atoms with E-state index in [-0.39, 0.29) is 17.9 Å². The van der Waals surface area contributed by atoms with Crippen molar-refractivity contribution in [1.82, 2.24) is 0 Å². The first-order valence-corrected chi connectivity index (χ1v) is 7.54. The summed E-state index contributed by atoms with van der Waals surface area (Å²) in [7, 11) is 0. The largest absolute Gasteiger partial charge is 0.466 e. The molecule has 106 valence electrons.